The molecule has 114 valence electrons. The zero-order valence-corrected chi connectivity index (χ0v) is 13.6. The summed E-state index contributed by atoms with van der Waals surface area (Å²) >= 11 is 6.29. The quantitative estimate of drug-likeness (QED) is 0.794. The maximum atomic E-state index is 6.29. The Morgan fingerprint density at radius 2 is 2.05 bits per heavy atom. The summed E-state index contributed by atoms with van der Waals surface area (Å²) in [5.74, 6) is 0. The van der Waals surface area contributed by atoms with E-state index in [2.05, 4.69) is 47.7 Å². The van der Waals surface area contributed by atoms with Crippen molar-refractivity contribution in [2.24, 2.45) is 7.05 Å². The van der Waals surface area contributed by atoms with Crippen molar-refractivity contribution in [3.63, 3.8) is 0 Å². The van der Waals surface area contributed by atoms with Gasteiger partial charge in [-0.3, -0.25) is 4.68 Å². The molecule has 2 rings (SSSR count). The Hall–Kier alpha value is -1.32. The van der Waals surface area contributed by atoms with Crippen LogP contribution in [0.3, 0.4) is 0 Å². The Kier molecular flexibility index (Phi) is 6.27. The van der Waals surface area contributed by atoms with Gasteiger partial charge in [-0.05, 0) is 37.8 Å². The first-order valence-electron chi connectivity index (χ1n) is 7.67. The van der Waals surface area contributed by atoms with Crippen LogP contribution in [0.5, 0.6) is 0 Å². The normalized spacial score (nSPS) is 12.5. The molecule has 1 unspecified atom stereocenters. The van der Waals surface area contributed by atoms with Gasteiger partial charge in [0, 0.05) is 7.05 Å². The molecule has 0 fully saturated rings. The second kappa shape index (κ2) is 8.20. The second-order valence-electron chi connectivity index (χ2n) is 5.39. The zero-order chi connectivity index (χ0) is 15.1. The lowest BCUT2D eigenvalue weighted by molar-refractivity contribution is 0.456. The number of nitrogens with zero attached hydrogens (tertiary/aromatic N) is 2. The highest BCUT2D eigenvalue weighted by Gasteiger charge is 2.18. The van der Waals surface area contributed by atoms with Crippen LogP contribution in [-0.2, 0) is 13.5 Å². The summed E-state index contributed by atoms with van der Waals surface area (Å²) < 4.78 is 1.89. The van der Waals surface area contributed by atoms with Crippen LogP contribution in [0.4, 0.5) is 0 Å². The van der Waals surface area contributed by atoms with Crippen LogP contribution in [0.15, 0.2) is 36.5 Å². The van der Waals surface area contributed by atoms with Crippen LogP contribution in [0.25, 0.3) is 0 Å². The van der Waals surface area contributed by atoms with Gasteiger partial charge in [0.05, 0.1) is 23.0 Å². The third-order valence-electron chi connectivity index (χ3n) is 3.71. The largest absolute Gasteiger partial charge is 0.309 e. The fourth-order valence-electron chi connectivity index (χ4n) is 2.62. The summed E-state index contributed by atoms with van der Waals surface area (Å²) in [5, 5.41) is 8.61. The van der Waals surface area contributed by atoms with Gasteiger partial charge in [-0.25, -0.2) is 0 Å². The van der Waals surface area contributed by atoms with Crippen LogP contribution in [0.1, 0.15) is 43.5 Å². The molecule has 3 nitrogen and oxygen atoms in total. The van der Waals surface area contributed by atoms with Crippen molar-refractivity contribution >= 4 is 11.6 Å². The number of hydrogen-bond acceptors (Lipinski definition) is 2. The topological polar surface area (TPSA) is 29.9 Å². The lowest BCUT2D eigenvalue weighted by atomic mass is 10.0. The molecule has 0 amide bonds. The molecule has 0 aliphatic carbocycles. The van der Waals surface area contributed by atoms with Gasteiger partial charge in [0.25, 0.3) is 0 Å². The maximum Gasteiger partial charge on any atom is 0.0833 e. The number of aryl methyl sites for hydroxylation is 2. The molecule has 0 saturated heterocycles. The molecule has 0 saturated carbocycles. The van der Waals surface area contributed by atoms with E-state index in [0.29, 0.717) is 0 Å². The SMILES string of the molecule is CCCNC(CCCc1ccccc1)c1c(Cl)cnn1C. The van der Waals surface area contributed by atoms with Crippen LogP contribution in [0.2, 0.25) is 5.02 Å². The third kappa shape index (κ3) is 4.58. The van der Waals surface area contributed by atoms with Crippen molar-refractivity contribution in [2.45, 2.75) is 38.6 Å². The van der Waals surface area contributed by atoms with E-state index < -0.39 is 0 Å². The predicted molar refractivity (Wildman–Crippen MR) is 88.6 cm³/mol. The molecule has 21 heavy (non-hydrogen) atoms. The molecule has 1 heterocycles. The molecular formula is C17H24ClN3. The number of nitrogens with one attached hydrogen (secondary N) is 1. The molecule has 0 radical (unpaired) electrons. The van der Waals surface area contributed by atoms with Crippen molar-refractivity contribution in [1.82, 2.24) is 15.1 Å². The first kappa shape index (κ1) is 16.1. The summed E-state index contributed by atoms with van der Waals surface area (Å²) in [6.07, 6.45) is 6.14. The van der Waals surface area contributed by atoms with E-state index in [1.807, 2.05) is 11.7 Å². The van der Waals surface area contributed by atoms with Gasteiger partial charge in [0.2, 0.25) is 0 Å². The lowest BCUT2D eigenvalue weighted by Gasteiger charge is -2.19. The first-order valence-corrected chi connectivity index (χ1v) is 8.05. The van der Waals surface area contributed by atoms with Crippen molar-refractivity contribution < 1.29 is 0 Å². The van der Waals surface area contributed by atoms with E-state index in [0.717, 1.165) is 42.9 Å². The molecule has 1 N–H and O–H groups in total. The third-order valence-corrected chi connectivity index (χ3v) is 4.00. The number of aromatic nitrogens is 2. The van der Waals surface area contributed by atoms with Gasteiger partial charge >= 0.3 is 0 Å². The monoisotopic (exact) mass is 305 g/mol. The van der Waals surface area contributed by atoms with Crippen LogP contribution < -0.4 is 5.32 Å². The Labute approximate surface area is 132 Å². The van der Waals surface area contributed by atoms with Crippen LogP contribution in [-0.4, -0.2) is 16.3 Å². The fourth-order valence-corrected chi connectivity index (χ4v) is 2.92. The Morgan fingerprint density at radius 1 is 1.29 bits per heavy atom. The van der Waals surface area contributed by atoms with Gasteiger partial charge in [-0.1, -0.05) is 48.9 Å². The van der Waals surface area contributed by atoms with E-state index in [1.165, 1.54) is 5.56 Å². The number of hydrogen-bond donors (Lipinski definition) is 1. The number of benzene rings is 1. The fraction of sp³-hybridized carbons (Fsp3) is 0.471. The second-order valence-corrected chi connectivity index (χ2v) is 5.79. The van der Waals surface area contributed by atoms with Gasteiger partial charge in [-0.2, -0.15) is 5.10 Å². The summed E-state index contributed by atoms with van der Waals surface area (Å²) in [7, 11) is 1.96. The van der Waals surface area contributed by atoms with Crippen molar-refractivity contribution in [3.8, 4) is 0 Å². The Bertz CT molecular complexity index is 517. The first-order chi connectivity index (χ1) is 10.2. The molecule has 0 spiro atoms. The Balaban J connectivity index is 1.97. The molecule has 0 bridgehead atoms. The van der Waals surface area contributed by atoms with Gasteiger partial charge < -0.3 is 5.32 Å². The minimum atomic E-state index is 0.272. The van der Waals surface area contributed by atoms with E-state index in [1.54, 1.807) is 6.20 Å². The highest BCUT2D eigenvalue weighted by molar-refractivity contribution is 6.31. The summed E-state index contributed by atoms with van der Waals surface area (Å²) in [6.45, 7) is 3.18. The van der Waals surface area contributed by atoms with Gasteiger partial charge in [0.1, 0.15) is 0 Å². The molecular weight excluding hydrogens is 282 g/mol. The predicted octanol–water partition coefficient (Wildman–Crippen LogP) is 4.14. The highest BCUT2D eigenvalue weighted by atomic mass is 35.5. The molecule has 0 aliphatic heterocycles. The molecule has 2 aromatic rings. The minimum Gasteiger partial charge on any atom is -0.309 e. The molecule has 1 aromatic heterocycles. The average Bonchev–Trinajstić information content (AvgIpc) is 2.83. The average molecular weight is 306 g/mol. The van der Waals surface area contributed by atoms with E-state index in [9.17, 15) is 0 Å². The van der Waals surface area contributed by atoms with Crippen LogP contribution in [0, 0.1) is 0 Å². The number of halogens is 1. The minimum absolute atomic E-state index is 0.272. The molecule has 1 atom stereocenters. The summed E-state index contributed by atoms with van der Waals surface area (Å²) in [4.78, 5) is 0. The van der Waals surface area contributed by atoms with E-state index in [-0.39, 0.29) is 6.04 Å². The van der Waals surface area contributed by atoms with Crippen molar-refractivity contribution in [1.29, 1.82) is 0 Å². The summed E-state index contributed by atoms with van der Waals surface area (Å²) in [5.41, 5.74) is 2.49. The smallest absolute Gasteiger partial charge is 0.0833 e. The van der Waals surface area contributed by atoms with E-state index in [4.69, 9.17) is 11.6 Å². The van der Waals surface area contributed by atoms with Crippen LogP contribution >= 0.6 is 11.6 Å². The van der Waals surface area contributed by atoms with E-state index >= 15 is 0 Å². The zero-order valence-electron chi connectivity index (χ0n) is 12.8. The highest BCUT2D eigenvalue weighted by Crippen LogP contribution is 2.26. The maximum absolute atomic E-state index is 6.29. The molecule has 0 aliphatic rings. The Morgan fingerprint density at radius 3 is 2.67 bits per heavy atom. The van der Waals surface area contributed by atoms with Gasteiger partial charge in [-0.15, -0.1) is 0 Å². The van der Waals surface area contributed by atoms with Gasteiger partial charge in [0.15, 0.2) is 0 Å². The summed E-state index contributed by atoms with van der Waals surface area (Å²) in [6, 6.07) is 10.9. The standard InChI is InChI=1S/C17H24ClN3/c1-3-12-19-16(17-15(18)13-20-21(17)2)11-7-10-14-8-5-4-6-9-14/h4-6,8-9,13,16,19H,3,7,10-12H2,1-2H3. The lowest BCUT2D eigenvalue weighted by Crippen LogP contribution is -2.24. The van der Waals surface area contributed by atoms with Crippen molar-refractivity contribution in [2.75, 3.05) is 6.54 Å². The molecule has 1 aromatic carbocycles. The number of rotatable bonds is 8. The molecule has 4 heteroatoms. The van der Waals surface area contributed by atoms with Crippen molar-refractivity contribution in [3.05, 3.63) is 52.8 Å².